The van der Waals surface area contributed by atoms with Crippen LogP contribution >= 0.6 is 0 Å². The van der Waals surface area contributed by atoms with Gasteiger partial charge in [-0.2, -0.15) is 0 Å². The van der Waals surface area contributed by atoms with Crippen molar-refractivity contribution >= 4 is 5.97 Å². The van der Waals surface area contributed by atoms with Crippen LogP contribution < -0.4 is 0 Å². The molecule has 0 aliphatic rings. The summed E-state index contributed by atoms with van der Waals surface area (Å²) in [5, 5.41) is 0. The second-order valence-electron chi connectivity index (χ2n) is 5.21. The van der Waals surface area contributed by atoms with Gasteiger partial charge in [0.1, 0.15) is 6.54 Å². The predicted molar refractivity (Wildman–Crippen MR) is 74.6 cm³/mol. The van der Waals surface area contributed by atoms with Gasteiger partial charge >= 0.3 is 5.97 Å². The fourth-order valence-electron chi connectivity index (χ4n) is 1.58. The predicted octanol–water partition coefficient (Wildman–Crippen LogP) is 2.55. The summed E-state index contributed by atoms with van der Waals surface area (Å²) >= 11 is 0. The Bertz CT molecular complexity index is 426. The molecule has 1 atom stereocenters. The van der Waals surface area contributed by atoms with Crippen molar-refractivity contribution in [2.75, 3.05) is 14.1 Å². The highest BCUT2D eigenvalue weighted by molar-refractivity contribution is 5.86. The Kier molecular flexibility index (Phi) is 6.45. The van der Waals surface area contributed by atoms with Crippen LogP contribution in [0, 0.1) is 0 Å². The van der Waals surface area contributed by atoms with E-state index in [1.807, 2.05) is 39.2 Å². The molecule has 0 aliphatic heterocycles. The number of ether oxygens (including phenoxy) is 1. The molecule has 0 spiro atoms. The zero-order valence-electron chi connectivity index (χ0n) is 12.1. The minimum Gasteiger partial charge on any atom is -0.870 e. The molecule has 1 N–H and O–H groups in total. The standard InChI is InChI=1S/C15H22NO2.H2O/c1-12(2)15(17)18-13(3)16(4,5)11-14-9-7-6-8-10-14;/h6-10,13H,1,11H2,2-5H3;1H2/q+1;/p-1. The largest absolute Gasteiger partial charge is 0.870 e. The molecular weight excluding hydrogens is 242 g/mol. The number of nitrogens with zero attached hydrogens (tertiary/aromatic N) is 1. The van der Waals surface area contributed by atoms with Crippen molar-refractivity contribution < 1.29 is 19.5 Å². The number of quaternary nitrogens is 1. The van der Waals surface area contributed by atoms with Crippen LogP contribution in [0.25, 0.3) is 0 Å². The monoisotopic (exact) mass is 265 g/mol. The maximum absolute atomic E-state index is 11.5. The highest BCUT2D eigenvalue weighted by Crippen LogP contribution is 2.15. The van der Waals surface area contributed by atoms with Gasteiger partial charge in [-0.3, -0.25) is 4.48 Å². The minimum absolute atomic E-state index is 0. The van der Waals surface area contributed by atoms with Crippen molar-refractivity contribution in [3.63, 3.8) is 0 Å². The number of esters is 1. The molecule has 0 aliphatic carbocycles. The van der Waals surface area contributed by atoms with E-state index in [0.29, 0.717) is 10.1 Å². The minimum atomic E-state index is -0.332. The summed E-state index contributed by atoms with van der Waals surface area (Å²) in [6, 6.07) is 10.2. The van der Waals surface area contributed by atoms with Gasteiger partial charge in [-0.15, -0.1) is 0 Å². The second-order valence-corrected chi connectivity index (χ2v) is 5.21. The molecule has 0 aromatic heterocycles. The molecule has 4 heteroatoms. The molecule has 0 amide bonds. The van der Waals surface area contributed by atoms with Crippen LogP contribution in [0.4, 0.5) is 0 Å². The van der Waals surface area contributed by atoms with Gasteiger partial charge in [0.25, 0.3) is 0 Å². The van der Waals surface area contributed by atoms with Gasteiger partial charge in [-0.05, 0) is 6.92 Å². The summed E-state index contributed by atoms with van der Waals surface area (Å²) in [6.45, 7) is 7.97. The Balaban J connectivity index is 0.00000324. The van der Waals surface area contributed by atoms with E-state index >= 15 is 0 Å². The lowest BCUT2D eigenvalue weighted by atomic mass is 10.2. The molecule has 0 bridgehead atoms. The third kappa shape index (κ3) is 5.24. The van der Waals surface area contributed by atoms with Gasteiger partial charge in [-0.25, -0.2) is 4.79 Å². The van der Waals surface area contributed by atoms with E-state index in [9.17, 15) is 4.79 Å². The molecule has 19 heavy (non-hydrogen) atoms. The lowest BCUT2D eigenvalue weighted by molar-refractivity contribution is -0.945. The summed E-state index contributed by atoms with van der Waals surface area (Å²) in [5.74, 6) is -0.332. The van der Waals surface area contributed by atoms with Crippen LogP contribution in [0.2, 0.25) is 0 Å². The van der Waals surface area contributed by atoms with Crippen LogP contribution in [0.1, 0.15) is 19.4 Å². The molecule has 0 radical (unpaired) electrons. The van der Waals surface area contributed by atoms with E-state index in [1.165, 1.54) is 5.56 Å². The zero-order valence-corrected chi connectivity index (χ0v) is 12.1. The Morgan fingerprint density at radius 1 is 1.32 bits per heavy atom. The average Bonchev–Trinajstić information content (AvgIpc) is 2.29. The molecule has 1 rings (SSSR count). The molecule has 0 fully saturated rings. The van der Waals surface area contributed by atoms with Crippen molar-refractivity contribution in [3.8, 4) is 0 Å². The van der Waals surface area contributed by atoms with Gasteiger partial charge in [0.2, 0.25) is 6.23 Å². The summed E-state index contributed by atoms with van der Waals surface area (Å²) in [6.07, 6.45) is -0.214. The quantitative estimate of drug-likeness (QED) is 0.356. The Labute approximate surface area is 115 Å². The number of hydrogen-bond acceptors (Lipinski definition) is 3. The molecule has 106 valence electrons. The number of carbonyl (C=O) groups is 1. The van der Waals surface area contributed by atoms with Crippen molar-refractivity contribution in [2.45, 2.75) is 26.6 Å². The number of rotatable bonds is 5. The summed E-state index contributed by atoms with van der Waals surface area (Å²) in [4.78, 5) is 11.5. The smallest absolute Gasteiger partial charge is 0.337 e. The van der Waals surface area contributed by atoms with Crippen LogP contribution in [0.15, 0.2) is 42.5 Å². The average molecular weight is 265 g/mol. The van der Waals surface area contributed by atoms with Crippen molar-refractivity contribution in [3.05, 3.63) is 48.0 Å². The lowest BCUT2D eigenvalue weighted by Crippen LogP contribution is -2.48. The normalized spacial score (nSPS) is 12.2. The van der Waals surface area contributed by atoms with E-state index in [1.54, 1.807) is 6.92 Å². The molecule has 4 nitrogen and oxygen atoms in total. The number of carbonyl (C=O) groups excluding carboxylic acids is 1. The van der Waals surface area contributed by atoms with Crippen LogP contribution in [-0.2, 0) is 16.1 Å². The van der Waals surface area contributed by atoms with E-state index < -0.39 is 0 Å². The SMILES string of the molecule is C=C(C)C(=O)OC(C)[N+](C)(C)Cc1ccccc1.[OH-]. The second kappa shape index (κ2) is 7.07. The zero-order chi connectivity index (χ0) is 13.8. The third-order valence-corrected chi connectivity index (χ3v) is 3.04. The molecule has 1 aromatic rings. The summed E-state index contributed by atoms with van der Waals surface area (Å²) in [5.41, 5.74) is 1.65. The van der Waals surface area contributed by atoms with E-state index in [2.05, 4.69) is 18.7 Å². The van der Waals surface area contributed by atoms with Gasteiger partial charge in [-0.1, -0.05) is 36.9 Å². The molecule has 0 saturated carbocycles. The van der Waals surface area contributed by atoms with Crippen molar-refractivity contribution in [1.82, 2.24) is 0 Å². The van der Waals surface area contributed by atoms with E-state index in [0.717, 1.165) is 6.54 Å². The maximum atomic E-state index is 11.5. The Morgan fingerprint density at radius 3 is 2.32 bits per heavy atom. The van der Waals surface area contributed by atoms with Crippen molar-refractivity contribution in [1.29, 1.82) is 0 Å². The Morgan fingerprint density at radius 2 is 1.84 bits per heavy atom. The van der Waals surface area contributed by atoms with Crippen LogP contribution in [0.5, 0.6) is 0 Å². The number of hydrogen-bond donors (Lipinski definition) is 0. The van der Waals surface area contributed by atoms with Gasteiger partial charge in [0.05, 0.1) is 14.1 Å². The molecule has 1 unspecified atom stereocenters. The molecular formula is C15H23NO3. The van der Waals surface area contributed by atoms with Gasteiger partial charge in [0, 0.05) is 18.1 Å². The maximum Gasteiger partial charge on any atom is 0.337 e. The van der Waals surface area contributed by atoms with Crippen LogP contribution in [-0.4, -0.2) is 36.3 Å². The topological polar surface area (TPSA) is 56.3 Å². The molecule has 0 saturated heterocycles. The first-order chi connectivity index (χ1) is 8.33. The van der Waals surface area contributed by atoms with Crippen LogP contribution in [0.3, 0.4) is 0 Å². The molecule has 1 aromatic carbocycles. The lowest BCUT2D eigenvalue weighted by Gasteiger charge is -2.35. The summed E-state index contributed by atoms with van der Waals surface area (Å²) < 4.78 is 5.97. The fraction of sp³-hybridized carbons (Fsp3) is 0.400. The summed E-state index contributed by atoms with van der Waals surface area (Å²) in [7, 11) is 4.09. The van der Waals surface area contributed by atoms with E-state index in [4.69, 9.17) is 4.74 Å². The van der Waals surface area contributed by atoms with Gasteiger partial charge < -0.3 is 10.2 Å². The van der Waals surface area contributed by atoms with Crippen molar-refractivity contribution in [2.24, 2.45) is 0 Å². The highest BCUT2D eigenvalue weighted by atomic mass is 16.6. The fourth-order valence-corrected chi connectivity index (χ4v) is 1.58. The van der Waals surface area contributed by atoms with E-state index in [-0.39, 0.29) is 17.7 Å². The Hall–Kier alpha value is -1.65. The first-order valence-corrected chi connectivity index (χ1v) is 6.06. The molecule has 0 heterocycles. The highest BCUT2D eigenvalue weighted by Gasteiger charge is 2.27. The first kappa shape index (κ1) is 17.4. The first-order valence-electron chi connectivity index (χ1n) is 6.06. The number of benzene rings is 1. The third-order valence-electron chi connectivity index (χ3n) is 3.04. The van der Waals surface area contributed by atoms with Gasteiger partial charge in [0.15, 0.2) is 0 Å².